The second-order valence-electron chi connectivity index (χ2n) is 7.00. The lowest BCUT2D eigenvalue weighted by Crippen LogP contribution is -2.42. The summed E-state index contributed by atoms with van der Waals surface area (Å²) in [5, 5.41) is 3.97. The Morgan fingerprint density at radius 1 is 1.38 bits per heavy atom. The van der Waals surface area contributed by atoms with Gasteiger partial charge in [-0.1, -0.05) is 6.07 Å². The quantitative estimate of drug-likeness (QED) is 0.765. The first-order valence-corrected chi connectivity index (χ1v) is 8.84. The normalized spacial score (nSPS) is 17.8. The van der Waals surface area contributed by atoms with Crippen molar-refractivity contribution in [1.82, 2.24) is 29.2 Å². The summed E-state index contributed by atoms with van der Waals surface area (Å²) in [6.07, 6.45) is 3.33. The van der Waals surface area contributed by atoms with Crippen LogP contribution < -0.4 is 5.69 Å². The third kappa shape index (κ3) is 3.02. The fourth-order valence-electron chi connectivity index (χ4n) is 3.52. The van der Waals surface area contributed by atoms with Crippen molar-refractivity contribution in [3.63, 3.8) is 0 Å². The third-order valence-electron chi connectivity index (χ3n) is 4.99. The molecule has 0 saturated carbocycles. The zero-order chi connectivity index (χ0) is 18.3. The van der Waals surface area contributed by atoms with Gasteiger partial charge in [0.05, 0.1) is 11.0 Å². The number of amides is 1. The second-order valence-corrected chi connectivity index (χ2v) is 7.00. The minimum atomic E-state index is -0.278. The number of rotatable bonds is 3. The number of fused-ring (bicyclic) bond motifs is 1. The molecule has 1 aromatic carbocycles. The highest BCUT2D eigenvalue weighted by Crippen LogP contribution is 2.27. The summed E-state index contributed by atoms with van der Waals surface area (Å²) in [7, 11) is 1.62. The van der Waals surface area contributed by atoms with Crippen LogP contribution in [-0.4, -0.2) is 48.2 Å². The van der Waals surface area contributed by atoms with Crippen molar-refractivity contribution >= 4 is 16.9 Å². The van der Waals surface area contributed by atoms with Gasteiger partial charge in [0.1, 0.15) is 18.7 Å². The molecule has 2 aromatic heterocycles. The van der Waals surface area contributed by atoms with Crippen molar-refractivity contribution in [2.75, 3.05) is 13.1 Å². The molecular formula is C18H22N6O2. The lowest BCUT2D eigenvalue weighted by Gasteiger charge is -2.31. The van der Waals surface area contributed by atoms with Gasteiger partial charge in [-0.25, -0.2) is 14.5 Å². The highest BCUT2D eigenvalue weighted by Gasteiger charge is 2.27. The molecule has 8 heteroatoms. The van der Waals surface area contributed by atoms with E-state index in [1.54, 1.807) is 7.05 Å². The number of carbonyl (C=O) groups excluding carboxylic acids is 1. The summed E-state index contributed by atoms with van der Waals surface area (Å²) in [5.41, 5.74) is 2.89. The Labute approximate surface area is 150 Å². The van der Waals surface area contributed by atoms with E-state index < -0.39 is 0 Å². The summed E-state index contributed by atoms with van der Waals surface area (Å²) < 4.78 is 2.57. The Morgan fingerprint density at radius 2 is 2.23 bits per heavy atom. The Bertz CT molecular complexity index is 1010. The first kappa shape index (κ1) is 16.6. The standard InChI is InChI=1S/C18H22N6O2/c1-12-5-6-14-15(8-12)21-17(20-14)13-4-3-7-23(9-13)16(25)10-24-18(26)22(2)11-19-24/h5-6,8,11,13H,3-4,7,9-10H2,1-2H3,(H,20,21). The van der Waals surface area contributed by atoms with Crippen LogP contribution in [0.3, 0.4) is 0 Å². The van der Waals surface area contributed by atoms with Crippen LogP contribution in [0.25, 0.3) is 11.0 Å². The minimum Gasteiger partial charge on any atom is -0.342 e. The molecule has 1 saturated heterocycles. The van der Waals surface area contributed by atoms with E-state index in [-0.39, 0.29) is 24.1 Å². The van der Waals surface area contributed by atoms with E-state index in [1.165, 1.54) is 21.1 Å². The van der Waals surface area contributed by atoms with E-state index in [9.17, 15) is 9.59 Å². The van der Waals surface area contributed by atoms with Gasteiger partial charge in [-0.2, -0.15) is 5.10 Å². The molecule has 0 bridgehead atoms. The van der Waals surface area contributed by atoms with Gasteiger partial charge in [0.2, 0.25) is 5.91 Å². The molecule has 1 atom stereocenters. The Hall–Kier alpha value is -2.90. The molecule has 1 aliphatic heterocycles. The van der Waals surface area contributed by atoms with Crippen LogP contribution in [0.15, 0.2) is 29.3 Å². The van der Waals surface area contributed by atoms with Crippen molar-refractivity contribution in [1.29, 1.82) is 0 Å². The van der Waals surface area contributed by atoms with Crippen molar-refractivity contribution < 1.29 is 4.79 Å². The molecule has 1 aliphatic rings. The van der Waals surface area contributed by atoms with E-state index in [0.29, 0.717) is 13.1 Å². The number of likely N-dealkylation sites (tertiary alicyclic amines) is 1. The SMILES string of the molecule is Cc1ccc2nc(C3CCCN(C(=O)Cn4ncn(C)c4=O)C3)[nH]c2c1. The smallest absolute Gasteiger partial charge is 0.342 e. The lowest BCUT2D eigenvalue weighted by molar-refractivity contribution is -0.133. The lowest BCUT2D eigenvalue weighted by atomic mass is 9.97. The van der Waals surface area contributed by atoms with Gasteiger partial charge in [0.25, 0.3) is 0 Å². The molecule has 4 rings (SSSR count). The average molecular weight is 354 g/mol. The topological polar surface area (TPSA) is 88.8 Å². The molecule has 26 heavy (non-hydrogen) atoms. The summed E-state index contributed by atoms with van der Waals surface area (Å²) in [6.45, 7) is 3.35. The van der Waals surface area contributed by atoms with Gasteiger partial charge in [-0.3, -0.25) is 9.36 Å². The molecule has 0 aliphatic carbocycles. The number of benzene rings is 1. The van der Waals surface area contributed by atoms with Crippen LogP contribution in [0.4, 0.5) is 0 Å². The summed E-state index contributed by atoms with van der Waals surface area (Å²) >= 11 is 0. The number of nitrogens with one attached hydrogen (secondary N) is 1. The van der Waals surface area contributed by atoms with Crippen molar-refractivity contribution in [3.05, 3.63) is 46.4 Å². The van der Waals surface area contributed by atoms with Crippen LogP contribution in [0.2, 0.25) is 0 Å². The average Bonchev–Trinajstić information content (AvgIpc) is 3.20. The van der Waals surface area contributed by atoms with Crippen LogP contribution in [0.1, 0.15) is 30.1 Å². The molecular weight excluding hydrogens is 332 g/mol. The van der Waals surface area contributed by atoms with E-state index in [2.05, 4.69) is 23.1 Å². The monoisotopic (exact) mass is 354 g/mol. The number of piperidine rings is 1. The van der Waals surface area contributed by atoms with Crippen molar-refractivity contribution in [3.8, 4) is 0 Å². The Kier molecular flexibility index (Phi) is 4.10. The highest BCUT2D eigenvalue weighted by molar-refractivity contribution is 5.77. The molecule has 1 amide bonds. The zero-order valence-electron chi connectivity index (χ0n) is 15.0. The fraction of sp³-hybridized carbons (Fsp3) is 0.444. The molecule has 0 spiro atoms. The number of nitrogens with zero attached hydrogens (tertiary/aromatic N) is 5. The predicted molar refractivity (Wildman–Crippen MR) is 96.9 cm³/mol. The number of hydrogen-bond donors (Lipinski definition) is 1. The number of aryl methyl sites for hydroxylation is 2. The maximum Gasteiger partial charge on any atom is 0.345 e. The van der Waals surface area contributed by atoms with Crippen LogP contribution in [0, 0.1) is 6.92 Å². The molecule has 1 fully saturated rings. The number of carbonyl (C=O) groups is 1. The van der Waals surface area contributed by atoms with Crippen molar-refractivity contribution in [2.24, 2.45) is 7.05 Å². The van der Waals surface area contributed by atoms with E-state index >= 15 is 0 Å². The maximum atomic E-state index is 12.6. The van der Waals surface area contributed by atoms with Gasteiger partial charge in [-0.05, 0) is 37.5 Å². The second kappa shape index (κ2) is 6.44. The van der Waals surface area contributed by atoms with Gasteiger partial charge in [-0.15, -0.1) is 0 Å². The molecule has 8 nitrogen and oxygen atoms in total. The molecule has 136 valence electrons. The van der Waals surface area contributed by atoms with Crippen molar-refractivity contribution in [2.45, 2.75) is 32.2 Å². The number of hydrogen-bond acceptors (Lipinski definition) is 4. The van der Waals surface area contributed by atoms with Gasteiger partial charge in [0.15, 0.2) is 0 Å². The van der Waals surface area contributed by atoms with Gasteiger partial charge < -0.3 is 9.88 Å². The molecule has 0 radical (unpaired) electrons. The Morgan fingerprint density at radius 3 is 3.00 bits per heavy atom. The third-order valence-corrected chi connectivity index (χ3v) is 4.99. The summed E-state index contributed by atoms with van der Waals surface area (Å²) in [6, 6.07) is 6.16. The summed E-state index contributed by atoms with van der Waals surface area (Å²) in [5.74, 6) is 1.03. The van der Waals surface area contributed by atoms with Gasteiger partial charge >= 0.3 is 5.69 Å². The molecule has 1 unspecified atom stereocenters. The molecule has 1 N–H and O–H groups in total. The van der Waals surface area contributed by atoms with Crippen LogP contribution in [-0.2, 0) is 18.4 Å². The molecule has 3 aromatic rings. The van der Waals surface area contributed by atoms with E-state index in [1.807, 2.05) is 17.0 Å². The highest BCUT2D eigenvalue weighted by atomic mass is 16.2. The Balaban J connectivity index is 1.50. The number of aromatic nitrogens is 5. The van der Waals surface area contributed by atoms with E-state index in [0.717, 1.165) is 29.7 Å². The predicted octanol–water partition coefficient (Wildman–Crippen LogP) is 1.17. The number of H-pyrrole nitrogens is 1. The summed E-state index contributed by atoms with van der Waals surface area (Å²) in [4.78, 5) is 34.4. The van der Waals surface area contributed by atoms with Gasteiger partial charge in [0, 0.05) is 26.1 Å². The fourth-order valence-corrected chi connectivity index (χ4v) is 3.52. The number of imidazole rings is 1. The zero-order valence-corrected chi connectivity index (χ0v) is 15.0. The minimum absolute atomic E-state index is 0.0221. The van der Waals surface area contributed by atoms with Crippen LogP contribution >= 0.6 is 0 Å². The maximum absolute atomic E-state index is 12.6. The molecule has 3 heterocycles. The first-order valence-electron chi connectivity index (χ1n) is 8.84. The first-order chi connectivity index (χ1) is 12.5. The number of aromatic amines is 1. The van der Waals surface area contributed by atoms with Crippen LogP contribution in [0.5, 0.6) is 0 Å². The largest absolute Gasteiger partial charge is 0.345 e. The van der Waals surface area contributed by atoms with E-state index in [4.69, 9.17) is 4.98 Å².